The van der Waals surface area contributed by atoms with Crippen LogP contribution in [0.1, 0.15) is 24.5 Å². The smallest absolute Gasteiger partial charge is 0.128 e. The Morgan fingerprint density at radius 3 is 2.44 bits per heavy atom. The van der Waals surface area contributed by atoms with Gasteiger partial charge in [-0.15, -0.1) is 11.8 Å². The normalized spacial score (nSPS) is 10.8. The third-order valence-corrected chi connectivity index (χ3v) is 3.73. The number of aryl methyl sites for hydroxylation is 2. The first-order valence-electron chi connectivity index (χ1n) is 6.17. The average molecular weight is 261 g/mol. The lowest BCUT2D eigenvalue weighted by Gasteiger charge is -2.06. The van der Waals surface area contributed by atoms with Crippen LogP contribution in [0.5, 0.6) is 0 Å². The number of anilines is 1. The molecule has 0 spiro atoms. The van der Waals surface area contributed by atoms with Crippen LogP contribution < -0.4 is 5.73 Å². The van der Waals surface area contributed by atoms with E-state index in [-0.39, 0.29) is 0 Å². The first-order chi connectivity index (χ1) is 8.60. The summed E-state index contributed by atoms with van der Waals surface area (Å²) >= 11 is 1.75. The number of nitrogen functional groups attached to an aromatic ring is 1. The van der Waals surface area contributed by atoms with Crippen molar-refractivity contribution in [1.82, 2.24) is 9.78 Å². The van der Waals surface area contributed by atoms with Gasteiger partial charge in [-0.25, -0.2) is 4.68 Å². The summed E-state index contributed by atoms with van der Waals surface area (Å²) in [5.41, 5.74) is 9.52. The zero-order valence-corrected chi connectivity index (χ0v) is 11.9. The van der Waals surface area contributed by atoms with E-state index in [9.17, 15) is 0 Å². The molecular formula is C14H19N3S. The number of nitrogens with two attached hydrogens (primary N) is 1. The monoisotopic (exact) mass is 261 g/mol. The van der Waals surface area contributed by atoms with Gasteiger partial charge in [0.15, 0.2) is 0 Å². The Bertz CT molecular complexity index is 526. The molecule has 2 rings (SSSR count). The molecule has 1 aromatic carbocycles. The minimum absolute atomic E-state index is 0.693. The topological polar surface area (TPSA) is 43.8 Å². The molecule has 18 heavy (non-hydrogen) atoms. The Kier molecular flexibility index (Phi) is 3.97. The Morgan fingerprint density at radius 1 is 1.17 bits per heavy atom. The number of benzene rings is 1. The van der Waals surface area contributed by atoms with Crippen LogP contribution in [0.2, 0.25) is 0 Å². The van der Waals surface area contributed by atoms with Gasteiger partial charge in [-0.05, 0) is 49.3 Å². The lowest BCUT2D eigenvalue weighted by molar-refractivity contribution is 0.843. The predicted molar refractivity (Wildman–Crippen MR) is 78.5 cm³/mol. The maximum atomic E-state index is 6.03. The third kappa shape index (κ3) is 2.88. The lowest BCUT2D eigenvalue weighted by Crippen LogP contribution is -2.02. The van der Waals surface area contributed by atoms with Crippen LogP contribution in [-0.4, -0.2) is 15.5 Å². The largest absolute Gasteiger partial charge is 0.384 e. The minimum Gasteiger partial charge on any atom is -0.384 e. The molecule has 0 aliphatic heterocycles. The van der Waals surface area contributed by atoms with Gasteiger partial charge in [0.1, 0.15) is 10.8 Å². The Hall–Kier alpha value is -1.42. The van der Waals surface area contributed by atoms with E-state index in [1.165, 1.54) is 11.1 Å². The number of rotatable bonds is 4. The molecule has 0 radical (unpaired) electrons. The van der Waals surface area contributed by atoms with E-state index in [4.69, 9.17) is 5.73 Å². The highest BCUT2D eigenvalue weighted by Gasteiger charge is 2.07. The molecule has 0 saturated heterocycles. The zero-order chi connectivity index (χ0) is 13.1. The summed E-state index contributed by atoms with van der Waals surface area (Å²) in [5, 5.41) is 5.55. The Balaban J connectivity index is 2.34. The van der Waals surface area contributed by atoms with E-state index in [0.29, 0.717) is 5.82 Å². The quantitative estimate of drug-likeness (QED) is 0.856. The summed E-state index contributed by atoms with van der Waals surface area (Å²) in [4.78, 5) is 0. The Morgan fingerprint density at radius 2 is 1.83 bits per heavy atom. The molecule has 0 aliphatic carbocycles. The van der Waals surface area contributed by atoms with Crippen LogP contribution in [0.4, 0.5) is 5.82 Å². The number of hydrogen-bond donors (Lipinski definition) is 1. The Labute approximate surface area is 112 Å². The van der Waals surface area contributed by atoms with E-state index in [0.717, 1.165) is 22.9 Å². The summed E-state index contributed by atoms with van der Waals surface area (Å²) < 4.78 is 1.82. The summed E-state index contributed by atoms with van der Waals surface area (Å²) in [7, 11) is 0. The molecule has 4 heteroatoms. The van der Waals surface area contributed by atoms with Crippen LogP contribution in [0.15, 0.2) is 29.3 Å². The zero-order valence-electron chi connectivity index (χ0n) is 11.1. The molecule has 3 nitrogen and oxygen atoms in total. The van der Waals surface area contributed by atoms with Crippen molar-refractivity contribution in [3.05, 3.63) is 35.4 Å². The van der Waals surface area contributed by atoms with Crippen molar-refractivity contribution in [2.24, 2.45) is 0 Å². The van der Waals surface area contributed by atoms with Crippen LogP contribution in [0, 0.1) is 13.8 Å². The molecule has 1 heterocycles. The fourth-order valence-corrected chi connectivity index (χ4v) is 2.69. The molecule has 0 saturated carbocycles. The van der Waals surface area contributed by atoms with Gasteiger partial charge in [0, 0.05) is 6.07 Å². The second-order valence-electron chi connectivity index (χ2n) is 4.51. The molecular weight excluding hydrogens is 242 g/mol. The molecule has 1 aromatic heterocycles. The standard InChI is InChI=1S/C14H19N3S/c1-4-5-18-14-9-13(15)17(16-14)12-7-10(2)6-11(3)8-12/h6-9H,4-5,15H2,1-3H3. The fourth-order valence-electron chi connectivity index (χ4n) is 1.93. The van der Waals surface area contributed by atoms with Crippen LogP contribution in [-0.2, 0) is 0 Å². The fraction of sp³-hybridized carbons (Fsp3) is 0.357. The summed E-state index contributed by atoms with van der Waals surface area (Å²) in [5.74, 6) is 1.77. The first kappa shape index (κ1) is 13.0. The van der Waals surface area contributed by atoms with Gasteiger partial charge in [-0.2, -0.15) is 5.10 Å². The predicted octanol–water partition coefficient (Wildman–Crippen LogP) is 3.57. The van der Waals surface area contributed by atoms with Crippen molar-refractivity contribution in [2.45, 2.75) is 32.2 Å². The van der Waals surface area contributed by atoms with E-state index in [2.05, 4.69) is 44.1 Å². The number of aromatic nitrogens is 2. The maximum absolute atomic E-state index is 6.03. The molecule has 96 valence electrons. The van der Waals surface area contributed by atoms with Crippen LogP contribution in [0.3, 0.4) is 0 Å². The molecule has 0 fully saturated rings. The van der Waals surface area contributed by atoms with Gasteiger partial charge < -0.3 is 5.73 Å². The van der Waals surface area contributed by atoms with Gasteiger partial charge in [-0.1, -0.05) is 13.0 Å². The number of thioether (sulfide) groups is 1. The van der Waals surface area contributed by atoms with Crippen molar-refractivity contribution in [2.75, 3.05) is 11.5 Å². The van der Waals surface area contributed by atoms with Crippen molar-refractivity contribution in [3.8, 4) is 5.69 Å². The number of nitrogens with zero attached hydrogens (tertiary/aromatic N) is 2. The highest BCUT2D eigenvalue weighted by atomic mass is 32.2. The molecule has 2 aromatic rings. The van der Waals surface area contributed by atoms with Gasteiger partial charge in [-0.3, -0.25) is 0 Å². The van der Waals surface area contributed by atoms with Crippen molar-refractivity contribution in [3.63, 3.8) is 0 Å². The molecule has 0 amide bonds. The van der Waals surface area contributed by atoms with Crippen molar-refractivity contribution < 1.29 is 0 Å². The van der Waals surface area contributed by atoms with Crippen LogP contribution >= 0.6 is 11.8 Å². The van der Waals surface area contributed by atoms with Crippen LogP contribution in [0.25, 0.3) is 5.69 Å². The number of hydrogen-bond acceptors (Lipinski definition) is 3. The van der Waals surface area contributed by atoms with E-state index in [1.54, 1.807) is 11.8 Å². The highest BCUT2D eigenvalue weighted by molar-refractivity contribution is 7.99. The molecule has 2 N–H and O–H groups in total. The molecule has 0 aliphatic rings. The van der Waals surface area contributed by atoms with Gasteiger partial charge in [0.25, 0.3) is 0 Å². The van der Waals surface area contributed by atoms with Gasteiger partial charge in [0.05, 0.1) is 5.69 Å². The second-order valence-corrected chi connectivity index (χ2v) is 5.63. The summed E-state index contributed by atoms with van der Waals surface area (Å²) in [6, 6.07) is 8.29. The SMILES string of the molecule is CCCSc1cc(N)n(-c2cc(C)cc(C)c2)n1. The van der Waals surface area contributed by atoms with E-state index >= 15 is 0 Å². The van der Waals surface area contributed by atoms with Gasteiger partial charge in [0.2, 0.25) is 0 Å². The van der Waals surface area contributed by atoms with E-state index < -0.39 is 0 Å². The minimum atomic E-state index is 0.693. The summed E-state index contributed by atoms with van der Waals surface area (Å²) in [6.45, 7) is 6.34. The van der Waals surface area contributed by atoms with E-state index in [1.807, 2.05) is 10.7 Å². The first-order valence-corrected chi connectivity index (χ1v) is 7.15. The second kappa shape index (κ2) is 5.48. The van der Waals surface area contributed by atoms with Gasteiger partial charge >= 0.3 is 0 Å². The maximum Gasteiger partial charge on any atom is 0.128 e. The van der Waals surface area contributed by atoms with Crippen molar-refractivity contribution >= 4 is 17.6 Å². The summed E-state index contributed by atoms with van der Waals surface area (Å²) in [6.07, 6.45) is 1.14. The average Bonchev–Trinajstić information content (AvgIpc) is 2.66. The third-order valence-electron chi connectivity index (χ3n) is 2.62. The lowest BCUT2D eigenvalue weighted by atomic mass is 10.1. The molecule has 0 atom stereocenters. The van der Waals surface area contributed by atoms with Crippen molar-refractivity contribution in [1.29, 1.82) is 0 Å². The molecule has 0 unspecified atom stereocenters. The molecule has 0 bridgehead atoms. The highest BCUT2D eigenvalue weighted by Crippen LogP contribution is 2.23.